The van der Waals surface area contributed by atoms with E-state index >= 15 is 0 Å². The Morgan fingerprint density at radius 2 is 2.14 bits per heavy atom. The lowest BCUT2D eigenvalue weighted by Crippen LogP contribution is -2.29. The van der Waals surface area contributed by atoms with Crippen molar-refractivity contribution in [3.05, 3.63) is 46.2 Å². The van der Waals surface area contributed by atoms with Gasteiger partial charge in [0, 0.05) is 24.3 Å². The van der Waals surface area contributed by atoms with E-state index in [1.54, 1.807) is 18.2 Å². The van der Waals surface area contributed by atoms with Gasteiger partial charge in [-0.25, -0.2) is 0 Å². The predicted octanol–water partition coefficient (Wildman–Crippen LogP) is 3.88. The Morgan fingerprint density at radius 3 is 2.86 bits per heavy atom. The first-order valence-corrected chi connectivity index (χ1v) is 7.71. The molecule has 1 aromatic heterocycles. The quantitative estimate of drug-likeness (QED) is 0.639. The normalized spacial score (nSPS) is 10.4. The molecule has 0 unspecified atom stereocenters. The van der Waals surface area contributed by atoms with Crippen LogP contribution in [0.2, 0.25) is 10.0 Å². The number of nitrogens with one attached hydrogen (secondary N) is 2. The molecule has 0 aliphatic rings. The summed E-state index contributed by atoms with van der Waals surface area (Å²) in [6.45, 7) is 3.58. The van der Waals surface area contributed by atoms with Crippen molar-refractivity contribution in [1.82, 2.24) is 15.1 Å². The molecule has 0 fully saturated rings. The van der Waals surface area contributed by atoms with Gasteiger partial charge in [0.15, 0.2) is 5.11 Å². The summed E-state index contributed by atoms with van der Waals surface area (Å²) < 4.78 is 1.92. The lowest BCUT2D eigenvalue weighted by Gasteiger charge is -2.12. The van der Waals surface area contributed by atoms with E-state index in [0.29, 0.717) is 20.8 Å². The molecule has 2 aromatic rings. The van der Waals surface area contributed by atoms with E-state index in [1.165, 1.54) is 0 Å². The minimum atomic E-state index is 0.524. The minimum Gasteiger partial charge on any atom is -0.362 e. The van der Waals surface area contributed by atoms with Crippen molar-refractivity contribution in [3.63, 3.8) is 0 Å². The van der Waals surface area contributed by atoms with Crippen LogP contribution >= 0.6 is 35.4 Å². The van der Waals surface area contributed by atoms with Gasteiger partial charge in [-0.1, -0.05) is 23.2 Å². The molecule has 0 aliphatic heterocycles. The van der Waals surface area contributed by atoms with Gasteiger partial charge in [0.1, 0.15) is 0 Å². The average Bonchev–Trinajstić information content (AvgIpc) is 2.85. The lowest BCUT2D eigenvalue weighted by molar-refractivity contribution is 0.570. The highest BCUT2D eigenvalue weighted by Crippen LogP contribution is 2.25. The molecule has 2 N–H and O–H groups in total. The lowest BCUT2D eigenvalue weighted by atomic mass is 10.3. The smallest absolute Gasteiger partial charge is 0.170 e. The topological polar surface area (TPSA) is 41.9 Å². The third kappa shape index (κ3) is 5.19. The number of halogens is 2. The van der Waals surface area contributed by atoms with Crippen molar-refractivity contribution in [3.8, 4) is 0 Å². The number of aromatic nitrogens is 2. The first-order chi connectivity index (χ1) is 10.0. The molecule has 21 heavy (non-hydrogen) atoms. The largest absolute Gasteiger partial charge is 0.362 e. The maximum absolute atomic E-state index is 6.06. The van der Waals surface area contributed by atoms with E-state index in [-0.39, 0.29) is 0 Å². The van der Waals surface area contributed by atoms with Gasteiger partial charge in [-0.2, -0.15) is 5.10 Å². The van der Waals surface area contributed by atoms with Gasteiger partial charge in [0.2, 0.25) is 0 Å². The zero-order valence-corrected chi connectivity index (χ0v) is 13.9. The number of nitrogens with zero attached hydrogens (tertiary/aromatic N) is 2. The van der Waals surface area contributed by atoms with Crippen molar-refractivity contribution < 1.29 is 0 Å². The summed E-state index contributed by atoms with van der Waals surface area (Å²) in [4.78, 5) is 0. The van der Waals surface area contributed by atoms with Crippen LogP contribution in [0, 0.1) is 6.92 Å². The average molecular weight is 343 g/mol. The first-order valence-electron chi connectivity index (χ1n) is 6.54. The van der Waals surface area contributed by atoms with Crippen LogP contribution in [-0.2, 0) is 6.54 Å². The minimum absolute atomic E-state index is 0.524. The number of anilines is 1. The number of benzene rings is 1. The molecule has 1 heterocycles. The fraction of sp³-hybridized carbons (Fsp3) is 0.286. The SMILES string of the molecule is Cc1ccn(CCCNC(=S)Nc2cc(Cl)ccc2Cl)n1. The van der Waals surface area contributed by atoms with E-state index in [2.05, 4.69) is 15.7 Å². The highest BCUT2D eigenvalue weighted by atomic mass is 35.5. The molecule has 0 radical (unpaired) electrons. The fourth-order valence-corrected chi connectivity index (χ4v) is 2.34. The Morgan fingerprint density at radius 1 is 1.33 bits per heavy atom. The third-order valence-corrected chi connectivity index (χ3v) is 3.61. The van der Waals surface area contributed by atoms with Crippen LogP contribution < -0.4 is 10.6 Å². The Labute approximate surface area is 139 Å². The first kappa shape index (κ1) is 16.1. The van der Waals surface area contributed by atoms with E-state index in [1.807, 2.05) is 23.9 Å². The standard InChI is InChI=1S/C14H16Cl2N4S/c1-10-5-8-20(19-10)7-2-6-17-14(21)18-13-9-11(15)3-4-12(13)16/h3-5,8-9H,2,6-7H2,1H3,(H2,17,18,21). The zero-order valence-electron chi connectivity index (χ0n) is 11.6. The Hall–Kier alpha value is -1.30. The summed E-state index contributed by atoms with van der Waals surface area (Å²) in [6.07, 6.45) is 2.89. The highest BCUT2D eigenvalue weighted by molar-refractivity contribution is 7.80. The fourth-order valence-electron chi connectivity index (χ4n) is 1.79. The summed E-state index contributed by atoms with van der Waals surface area (Å²) in [5, 5.41) is 12.2. The molecule has 4 nitrogen and oxygen atoms in total. The van der Waals surface area contributed by atoms with Gasteiger partial charge in [-0.15, -0.1) is 0 Å². The van der Waals surface area contributed by atoms with Crippen molar-refractivity contribution in [2.24, 2.45) is 0 Å². The number of hydrogen-bond donors (Lipinski definition) is 2. The van der Waals surface area contributed by atoms with Gasteiger partial charge >= 0.3 is 0 Å². The van der Waals surface area contributed by atoms with Gasteiger partial charge in [0.25, 0.3) is 0 Å². The number of hydrogen-bond acceptors (Lipinski definition) is 2. The number of rotatable bonds is 5. The molecule has 0 atom stereocenters. The van der Waals surface area contributed by atoms with Crippen LogP contribution in [0.1, 0.15) is 12.1 Å². The van der Waals surface area contributed by atoms with Crippen molar-refractivity contribution in [2.75, 3.05) is 11.9 Å². The molecule has 0 saturated carbocycles. The van der Waals surface area contributed by atoms with Gasteiger partial charge in [-0.3, -0.25) is 4.68 Å². The summed E-state index contributed by atoms with van der Waals surface area (Å²) in [5.74, 6) is 0. The maximum Gasteiger partial charge on any atom is 0.170 e. The summed E-state index contributed by atoms with van der Waals surface area (Å²) in [7, 11) is 0. The molecule has 0 bridgehead atoms. The number of thiocarbonyl (C=S) groups is 1. The third-order valence-electron chi connectivity index (χ3n) is 2.80. The van der Waals surface area contributed by atoms with Crippen LogP contribution in [0.4, 0.5) is 5.69 Å². The monoisotopic (exact) mass is 342 g/mol. The van der Waals surface area contributed by atoms with Crippen molar-refractivity contribution in [2.45, 2.75) is 19.9 Å². The summed E-state index contributed by atoms with van der Waals surface area (Å²) in [6, 6.07) is 7.19. The predicted molar refractivity (Wildman–Crippen MR) is 92.3 cm³/mol. The van der Waals surface area contributed by atoms with E-state index in [0.717, 1.165) is 25.2 Å². The van der Waals surface area contributed by atoms with Crippen LogP contribution in [0.3, 0.4) is 0 Å². The van der Waals surface area contributed by atoms with Gasteiger partial charge in [-0.05, 0) is 49.8 Å². The zero-order chi connectivity index (χ0) is 15.2. The molecule has 0 aliphatic carbocycles. The van der Waals surface area contributed by atoms with Gasteiger partial charge < -0.3 is 10.6 Å². The van der Waals surface area contributed by atoms with E-state index in [4.69, 9.17) is 35.4 Å². The van der Waals surface area contributed by atoms with Gasteiger partial charge in [0.05, 0.1) is 16.4 Å². The molecule has 7 heteroatoms. The van der Waals surface area contributed by atoms with E-state index in [9.17, 15) is 0 Å². The molecule has 0 spiro atoms. The molecule has 0 saturated heterocycles. The molecular formula is C14H16Cl2N4S. The number of aryl methyl sites for hydroxylation is 2. The van der Waals surface area contributed by atoms with Crippen LogP contribution in [0.5, 0.6) is 0 Å². The van der Waals surface area contributed by atoms with Crippen LogP contribution in [0.25, 0.3) is 0 Å². The second-order valence-corrected chi connectivity index (χ2v) is 5.83. The van der Waals surface area contributed by atoms with Crippen LogP contribution in [0.15, 0.2) is 30.5 Å². The van der Waals surface area contributed by atoms with Crippen molar-refractivity contribution in [1.29, 1.82) is 0 Å². The Bertz CT molecular complexity index is 627. The van der Waals surface area contributed by atoms with Crippen molar-refractivity contribution >= 4 is 46.2 Å². The molecule has 0 amide bonds. The Balaban J connectivity index is 1.73. The summed E-state index contributed by atoms with van der Waals surface area (Å²) >= 11 is 17.2. The maximum atomic E-state index is 6.06. The molecule has 1 aromatic carbocycles. The van der Waals surface area contributed by atoms with Crippen LogP contribution in [-0.4, -0.2) is 21.4 Å². The molecule has 2 rings (SSSR count). The molecular weight excluding hydrogens is 327 g/mol. The second kappa shape index (κ2) is 7.64. The second-order valence-electron chi connectivity index (χ2n) is 4.58. The highest BCUT2D eigenvalue weighted by Gasteiger charge is 2.03. The van der Waals surface area contributed by atoms with E-state index < -0.39 is 0 Å². The Kier molecular flexibility index (Phi) is 5.85. The molecule has 112 valence electrons. The summed E-state index contributed by atoms with van der Waals surface area (Å²) in [5.41, 5.74) is 1.72.